The average molecular weight is 472 g/mol. The van der Waals surface area contributed by atoms with Gasteiger partial charge in [0, 0.05) is 45.1 Å². The van der Waals surface area contributed by atoms with E-state index in [-0.39, 0.29) is 23.9 Å². The number of nitrogens with one attached hydrogen (secondary N) is 1. The molecule has 8 nitrogen and oxygen atoms in total. The number of hydrogen-bond acceptors (Lipinski definition) is 5. The van der Waals surface area contributed by atoms with Crippen LogP contribution in [-0.2, 0) is 21.4 Å². The second kappa shape index (κ2) is 9.82. The maximum atomic E-state index is 14.4. The van der Waals surface area contributed by atoms with E-state index in [1.165, 1.54) is 16.7 Å². The van der Waals surface area contributed by atoms with Gasteiger partial charge in [0.05, 0.1) is 23.5 Å². The number of nitrogens with zero attached hydrogens (tertiary/aromatic N) is 4. The highest BCUT2D eigenvalue weighted by Gasteiger charge is 2.28. The van der Waals surface area contributed by atoms with Crippen LogP contribution in [0.15, 0.2) is 66.1 Å². The van der Waals surface area contributed by atoms with Crippen molar-refractivity contribution >= 4 is 15.9 Å². The SMILES string of the molecule is Cc1ccc(S(=O)(=O)N2CCN(CC(=O)NCc3ccc(-n4ccnc4)c(F)c3)CC2)cc1. The normalized spacial score (nSPS) is 15.5. The summed E-state index contributed by atoms with van der Waals surface area (Å²) in [6, 6.07) is 11.6. The summed E-state index contributed by atoms with van der Waals surface area (Å²) in [5.41, 5.74) is 2.04. The van der Waals surface area contributed by atoms with Crippen LogP contribution in [0.5, 0.6) is 0 Å². The fourth-order valence-electron chi connectivity index (χ4n) is 3.72. The first-order valence-corrected chi connectivity index (χ1v) is 12.1. The van der Waals surface area contributed by atoms with Crippen molar-refractivity contribution in [3.05, 3.63) is 78.1 Å². The lowest BCUT2D eigenvalue weighted by atomic mass is 10.2. The van der Waals surface area contributed by atoms with E-state index >= 15 is 0 Å². The van der Waals surface area contributed by atoms with E-state index in [0.717, 1.165) is 5.56 Å². The predicted octanol–water partition coefficient (Wildman–Crippen LogP) is 1.94. The Balaban J connectivity index is 1.26. The van der Waals surface area contributed by atoms with Crippen molar-refractivity contribution in [1.29, 1.82) is 0 Å². The third kappa shape index (κ3) is 5.47. The summed E-state index contributed by atoms with van der Waals surface area (Å²) >= 11 is 0. The summed E-state index contributed by atoms with van der Waals surface area (Å²) in [7, 11) is -3.54. The molecule has 0 aliphatic carbocycles. The quantitative estimate of drug-likeness (QED) is 0.569. The van der Waals surface area contributed by atoms with Crippen molar-refractivity contribution < 1.29 is 17.6 Å². The van der Waals surface area contributed by atoms with Crippen molar-refractivity contribution in [2.45, 2.75) is 18.4 Å². The Morgan fingerprint density at radius 3 is 2.45 bits per heavy atom. The molecule has 10 heteroatoms. The molecular weight excluding hydrogens is 445 g/mol. The topological polar surface area (TPSA) is 87.5 Å². The fraction of sp³-hybridized carbons (Fsp3) is 0.304. The highest BCUT2D eigenvalue weighted by molar-refractivity contribution is 7.89. The number of amides is 1. The van der Waals surface area contributed by atoms with Gasteiger partial charge in [-0.15, -0.1) is 0 Å². The van der Waals surface area contributed by atoms with Crippen LogP contribution in [0.4, 0.5) is 4.39 Å². The highest BCUT2D eigenvalue weighted by atomic mass is 32.2. The van der Waals surface area contributed by atoms with Gasteiger partial charge in [-0.3, -0.25) is 9.69 Å². The van der Waals surface area contributed by atoms with E-state index in [0.29, 0.717) is 37.4 Å². The van der Waals surface area contributed by atoms with Crippen LogP contribution >= 0.6 is 0 Å². The molecule has 0 unspecified atom stereocenters. The largest absolute Gasteiger partial charge is 0.351 e. The summed E-state index contributed by atoms with van der Waals surface area (Å²) in [6.45, 7) is 3.86. The fourth-order valence-corrected chi connectivity index (χ4v) is 5.14. The maximum Gasteiger partial charge on any atom is 0.243 e. The lowest BCUT2D eigenvalue weighted by molar-refractivity contribution is -0.122. The van der Waals surface area contributed by atoms with Crippen LogP contribution in [0.3, 0.4) is 0 Å². The van der Waals surface area contributed by atoms with Gasteiger partial charge < -0.3 is 9.88 Å². The number of halogens is 1. The summed E-state index contributed by atoms with van der Waals surface area (Å²) in [5.74, 6) is -0.588. The number of carbonyl (C=O) groups excluding carboxylic acids is 1. The van der Waals surface area contributed by atoms with Gasteiger partial charge >= 0.3 is 0 Å². The van der Waals surface area contributed by atoms with E-state index < -0.39 is 15.8 Å². The second-order valence-electron chi connectivity index (χ2n) is 8.03. The smallest absolute Gasteiger partial charge is 0.243 e. The third-order valence-corrected chi connectivity index (χ3v) is 7.55. The molecule has 0 spiro atoms. The standard InChI is InChI=1S/C23H26FN5O3S/c1-18-2-5-20(6-3-18)33(31,32)29-12-10-27(11-13-29)16-23(30)26-15-19-4-7-22(21(24)14-19)28-9-8-25-17-28/h2-9,14,17H,10-13,15-16H2,1H3,(H,26,30). The number of piperazine rings is 1. The van der Waals surface area contributed by atoms with E-state index in [4.69, 9.17) is 0 Å². The molecule has 1 amide bonds. The number of carbonyl (C=O) groups is 1. The molecule has 1 saturated heterocycles. The van der Waals surface area contributed by atoms with Gasteiger partial charge in [-0.05, 0) is 36.8 Å². The molecule has 4 rings (SSSR count). The first kappa shape index (κ1) is 23.1. The van der Waals surface area contributed by atoms with E-state index in [1.54, 1.807) is 53.4 Å². The van der Waals surface area contributed by atoms with Gasteiger partial charge in [0.25, 0.3) is 0 Å². The Kier molecular flexibility index (Phi) is 6.87. The molecule has 1 fully saturated rings. The zero-order valence-electron chi connectivity index (χ0n) is 18.3. The molecule has 1 aliphatic rings. The predicted molar refractivity (Wildman–Crippen MR) is 122 cm³/mol. The maximum absolute atomic E-state index is 14.4. The van der Waals surface area contributed by atoms with Crippen molar-refractivity contribution in [2.24, 2.45) is 0 Å². The van der Waals surface area contributed by atoms with E-state index in [2.05, 4.69) is 10.3 Å². The van der Waals surface area contributed by atoms with Gasteiger partial charge in [0.2, 0.25) is 15.9 Å². The first-order valence-electron chi connectivity index (χ1n) is 10.7. The lowest BCUT2D eigenvalue weighted by Crippen LogP contribution is -2.50. The van der Waals surface area contributed by atoms with E-state index in [1.807, 2.05) is 11.8 Å². The number of aryl methyl sites for hydroxylation is 1. The molecular formula is C23H26FN5O3S. The Bertz CT molecular complexity index is 1210. The number of rotatable bonds is 7. The molecule has 1 aliphatic heterocycles. The number of hydrogen-bond donors (Lipinski definition) is 1. The van der Waals surface area contributed by atoms with Gasteiger partial charge in [-0.2, -0.15) is 4.31 Å². The van der Waals surface area contributed by atoms with Crippen molar-refractivity contribution in [2.75, 3.05) is 32.7 Å². The van der Waals surface area contributed by atoms with Gasteiger partial charge in [0.15, 0.2) is 0 Å². The third-order valence-electron chi connectivity index (χ3n) is 5.64. The van der Waals surface area contributed by atoms with Crippen molar-refractivity contribution in [1.82, 2.24) is 24.1 Å². The zero-order valence-corrected chi connectivity index (χ0v) is 19.1. The van der Waals surface area contributed by atoms with Gasteiger partial charge in [0.1, 0.15) is 5.82 Å². The molecule has 1 N–H and O–H groups in total. The summed E-state index contributed by atoms with van der Waals surface area (Å²) in [5, 5.41) is 2.80. The molecule has 3 aromatic rings. The Hall–Kier alpha value is -3.08. The van der Waals surface area contributed by atoms with Crippen LogP contribution in [0.1, 0.15) is 11.1 Å². The molecule has 174 valence electrons. The number of aromatic nitrogens is 2. The number of benzene rings is 2. The van der Waals surface area contributed by atoms with Crippen LogP contribution < -0.4 is 5.32 Å². The molecule has 2 heterocycles. The molecule has 0 atom stereocenters. The Labute approximate surface area is 192 Å². The van der Waals surface area contributed by atoms with Crippen LogP contribution in [0.25, 0.3) is 5.69 Å². The van der Waals surface area contributed by atoms with Crippen LogP contribution in [0.2, 0.25) is 0 Å². The first-order chi connectivity index (χ1) is 15.8. The minimum atomic E-state index is -3.54. The second-order valence-corrected chi connectivity index (χ2v) is 9.96. The highest BCUT2D eigenvalue weighted by Crippen LogP contribution is 2.18. The van der Waals surface area contributed by atoms with Gasteiger partial charge in [-0.25, -0.2) is 17.8 Å². The Morgan fingerprint density at radius 1 is 1.09 bits per heavy atom. The van der Waals surface area contributed by atoms with Crippen LogP contribution in [0, 0.1) is 12.7 Å². The molecule has 0 saturated carbocycles. The van der Waals surface area contributed by atoms with Crippen LogP contribution in [-0.4, -0.2) is 65.8 Å². The number of sulfonamides is 1. The average Bonchev–Trinajstić information content (AvgIpc) is 3.33. The summed E-state index contributed by atoms with van der Waals surface area (Å²) < 4.78 is 43.0. The molecule has 0 radical (unpaired) electrons. The molecule has 33 heavy (non-hydrogen) atoms. The summed E-state index contributed by atoms with van der Waals surface area (Å²) in [6.07, 6.45) is 4.75. The van der Waals surface area contributed by atoms with Crippen molar-refractivity contribution in [3.8, 4) is 5.69 Å². The lowest BCUT2D eigenvalue weighted by Gasteiger charge is -2.33. The molecule has 2 aromatic carbocycles. The number of imidazole rings is 1. The minimum Gasteiger partial charge on any atom is -0.351 e. The summed E-state index contributed by atoms with van der Waals surface area (Å²) in [4.78, 5) is 18.5. The van der Waals surface area contributed by atoms with Gasteiger partial charge in [-0.1, -0.05) is 23.8 Å². The Morgan fingerprint density at radius 2 is 1.82 bits per heavy atom. The van der Waals surface area contributed by atoms with Crippen molar-refractivity contribution in [3.63, 3.8) is 0 Å². The minimum absolute atomic E-state index is 0.161. The monoisotopic (exact) mass is 471 g/mol. The molecule has 1 aromatic heterocycles. The molecule has 0 bridgehead atoms. The van der Waals surface area contributed by atoms with E-state index in [9.17, 15) is 17.6 Å². The zero-order chi connectivity index (χ0) is 23.4.